The van der Waals surface area contributed by atoms with Crippen LogP contribution in [-0.4, -0.2) is 55.2 Å². The monoisotopic (exact) mass is 302 g/mol. The van der Waals surface area contributed by atoms with E-state index in [2.05, 4.69) is 36.2 Å². The molecule has 1 amide bonds. The van der Waals surface area contributed by atoms with Gasteiger partial charge in [-0.1, -0.05) is 30.3 Å². The van der Waals surface area contributed by atoms with Gasteiger partial charge in [-0.3, -0.25) is 0 Å². The van der Waals surface area contributed by atoms with Gasteiger partial charge in [0.15, 0.2) is 0 Å². The Morgan fingerprint density at radius 2 is 1.91 bits per heavy atom. The third-order valence-electron chi connectivity index (χ3n) is 5.01. The third-order valence-corrected chi connectivity index (χ3v) is 5.01. The fourth-order valence-electron chi connectivity index (χ4n) is 3.49. The highest BCUT2D eigenvalue weighted by Crippen LogP contribution is 2.23. The van der Waals surface area contributed by atoms with Crippen LogP contribution in [0.15, 0.2) is 30.3 Å². The zero-order chi connectivity index (χ0) is 15.4. The Bertz CT molecular complexity index is 483. The summed E-state index contributed by atoms with van der Waals surface area (Å²) in [4.78, 5) is 16.3. The molecule has 120 valence electrons. The smallest absolute Gasteiger partial charge is 0.410 e. The molecule has 2 aliphatic rings. The number of hydrogen-bond acceptors (Lipinski definition) is 3. The molecular formula is C18H26N2O2. The van der Waals surface area contributed by atoms with Crippen LogP contribution in [0.3, 0.4) is 0 Å². The fraction of sp³-hybridized carbons (Fsp3) is 0.611. The van der Waals surface area contributed by atoms with Crippen LogP contribution in [0, 0.1) is 5.92 Å². The molecule has 2 fully saturated rings. The first kappa shape index (κ1) is 15.3. The summed E-state index contributed by atoms with van der Waals surface area (Å²) >= 11 is 0. The molecule has 1 unspecified atom stereocenters. The second-order valence-corrected chi connectivity index (χ2v) is 6.65. The lowest BCUT2D eigenvalue weighted by Gasteiger charge is -2.30. The number of amides is 1. The van der Waals surface area contributed by atoms with E-state index in [4.69, 9.17) is 4.74 Å². The Morgan fingerprint density at radius 1 is 1.18 bits per heavy atom. The summed E-state index contributed by atoms with van der Waals surface area (Å²) in [6.45, 7) is 3.73. The van der Waals surface area contributed by atoms with Crippen molar-refractivity contribution in [3.05, 3.63) is 35.9 Å². The first-order valence-electron chi connectivity index (χ1n) is 8.38. The highest BCUT2D eigenvalue weighted by atomic mass is 16.6. The van der Waals surface area contributed by atoms with Gasteiger partial charge in [0, 0.05) is 6.54 Å². The van der Waals surface area contributed by atoms with Crippen molar-refractivity contribution in [2.45, 2.75) is 31.7 Å². The molecule has 1 aromatic rings. The Labute approximate surface area is 133 Å². The van der Waals surface area contributed by atoms with Gasteiger partial charge < -0.3 is 14.5 Å². The predicted octanol–water partition coefficient (Wildman–Crippen LogP) is 2.78. The van der Waals surface area contributed by atoms with Crippen LogP contribution in [0.25, 0.3) is 0 Å². The van der Waals surface area contributed by atoms with Crippen LogP contribution < -0.4 is 0 Å². The number of carbonyl (C=O) groups excluding carboxylic acids is 1. The molecule has 2 saturated heterocycles. The van der Waals surface area contributed by atoms with Crippen molar-refractivity contribution in [2.24, 2.45) is 5.92 Å². The maximum atomic E-state index is 12.0. The molecule has 0 spiro atoms. The first-order valence-corrected chi connectivity index (χ1v) is 8.38. The highest BCUT2D eigenvalue weighted by Gasteiger charge is 2.33. The third kappa shape index (κ3) is 3.80. The maximum absolute atomic E-state index is 12.0. The zero-order valence-electron chi connectivity index (χ0n) is 13.4. The van der Waals surface area contributed by atoms with E-state index in [0.717, 1.165) is 25.3 Å². The molecule has 22 heavy (non-hydrogen) atoms. The number of rotatable bonds is 5. The Morgan fingerprint density at radius 3 is 2.64 bits per heavy atom. The molecule has 0 saturated carbocycles. The zero-order valence-corrected chi connectivity index (χ0v) is 13.4. The number of nitrogens with zero attached hydrogens (tertiary/aromatic N) is 2. The van der Waals surface area contributed by atoms with E-state index in [9.17, 15) is 4.79 Å². The molecule has 0 aromatic heterocycles. The standard InChI is InChI=1S/C18H26N2O2/c1-19-10-7-15(8-11-19)9-12-20-17(14-22-18(20)21)13-16-5-3-2-4-6-16/h2-6,15,17H,7-14H2,1H3. The van der Waals surface area contributed by atoms with Gasteiger partial charge in [0.25, 0.3) is 0 Å². The van der Waals surface area contributed by atoms with Gasteiger partial charge in [0.1, 0.15) is 6.61 Å². The minimum absolute atomic E-state index is 0.131. The van der Waals surface area contributed by atoms with Crippen LogP contribution in [-0.2, 0) is 11.2 Å². The number of hydrogen-bond donors (Lipinski definition) is 0. The summed E-state index contributed by atoms with van der Waals surface area (Å²) in [5.74, 6) is 0.752. The number of likely N-dealkylation sites (tertiary alicyclic amines) is 1. The van der Waals surface area contributed by atoms with Gasteiger partial charge in [-0.25, -0.2) is 4.79 Å². The number of piperidine rings is 1. The topological polar surface area (TPSA) is 32.8 Å². The molecule has 1 aromatic carbocycles. The second kappa shape index (κ2) is 7.14. The van der Waals surface area contributed by atoms with E-state index >= 15 is 0 Å². The number of cyclic esters (lactones) is 1. The van der Waals surface area contributed by atoms with Crippen molar-refractivity contribution in [3.8, 4) is 0 Å². The van der Waals surface area contributed by atoms with Crippen molar-refractivity contribution in [1.82, 2.24) is 9.80 Å². The van der Waals surface area contributed by atoms with Gasteiger partial charge in [-0.2, -0.15) is 0 Å². The quantitative estimate of drug-likeness (QED) is 0.838. The van der Waals surface area contributed by atoms with Crippen LogP contribution in [0.4, 0.5) is 4.79 Å². The maximum Gasteiger partial charge on any atom is 0.410 e. The highest BCUT2D eigenvalue weighted by molar-refractivity contribution is 5.70. The number of benzene rings is 1. The molecule has 3 rings (SSSR count). The summed E-state index contributed by atoms with van der Waals surface area (Å²) in [6, 6.07) is 10.6. The SMILES string of the molecule is CN1CCC(CCN2C(=O)OCC2Cc2ccccc2)CC1. The lowest BCUT2D eigenvalue weighted by atomic mass is 9.93. The molecule has 0 radical (unpaired) electrons. The van der Waals surface area contributed by atoms with Crippen LogP contribution in [0.2, 0.25) is 0 Å². The summed E-state index contributed by atoms with van der Waals surface area (Å²) in [5.41, 5.74) is 1.27. The van der Waals surface area contributed by atoms with E-state index in [1.165, 1.54) is 31.5 Å². The van der Waals surface area contributed by atoms with Crippen molar-refractivity contribution < 1.29 is 9.53 Å². The fourth-order valence-corrected chi connectivity index (χ4v) is 3.49. The minimum atomic E-state index is -0.131. The van der Waals surface area contributed by atoms with Gasteiger partial charge in [0.05, 0.1) is 6.04 Å². The van der Waals surface area contributed by atoms with Gasteiger partial charge in [-0.05, 0) is 57.3 Å². The molecule has 0 N–H and O–H groups in total. The molecule has 0 aliphatic carbocycles. The summed E-state index contributed by atoms with van der Waals surface area (Å²) in [5, 5.41) is 0. The van der Waals surface area contributed by atoms with Crippen LogP contribution >= 0.6 is 0 Å². The summed E-state index contributed by atoms with van der Waals surface area (Å²) in [7, 11) is 2.18. The van der Waals surface area contributed by atoms with Gasteiger partial charge in [-0.15, -0.1) is 0 Å². The predicted molar refractivity (Wildman–Crippen MR) is 86.8 cm³/mol. The molecule has 4 nitrogen and oxygen atoms in total. The van der Waals surface area contributed by atoms with Crippen molar-refractivity contribution in [3.63, 3.8) is 0 Å². The van der Waals surface area contributed by atoms with E-state index in [-0.39, 0.29) is 12.1 Å². The average molecular weight is 302 g/mol. The van der Waals surface area contributed by atoms with Crippen LogP contribution in [0.5, 0.6) is 0 Å². The van der Waals surface area contributed by atoms with Crippen molar-refractivity contribution in [1.29, 1.82) is 0 Å². The van der Waals surface area contributed by atoms with E-state index in [1.807, 2.05) is 11.0 Å². The normalized spacial score (nSPS) is 23.8. The van der Waals surface area contributed by atoms with E-state index < -0.39 is 0 Å². The molecule has 0 bridgehead atoms. The summed E-state index contributed by atoms with van der Waals surface area (Å²) < 4.78 is 5.29. The lowest BCUT2D eigenvalue weighted by Crippen LogP contribution is -2.38. The molecule has 2 heterocycles. The Hall–Kier alpha value is -1.55. The minimum Gasteiger partial charge on any atom is -0.447 e. The average Bonchev–Trinajstić information content (AvgIpc) is 2.88. The summed E-state index contributed by atoms with van der Waals surface area (Å²) in [6.07, 6.45) is 4.37. The Kier molecular flexibility index (Phi) is 4.98. The second-order valence-electron chi connectivity index (χ2n) is 6.65. The first-order chi connectivity index (χ1) is 10.7. The van der Waals surface area contributed by atoms with Gasteiger partial charge >= 0.3 is 6.09 Å². The molecule has 4 heteroatoms. The van der Waals surface area contributed by atoms with E-state index in [0.29, 0.717) is 6.61 Å². The lowest BCUT2D eigenvalue weighted by molar-refractivity contribution is 0.151. The largest absolute Gasteiger partial charge is 0.447 e. The van der Waals surface area contributed by atoms with Crippen LogP contribution in [0.1, 0.15) is 24.8 Å². The molecule has 2 aliphatic heterocycles. The molecule has 1 atom stereocenters. The van der Waals surface area contributed by atoms with E-state index in [1.54, 1.807) is 0 Å². The molecular weight excluding hydrogens is 276 g/mol. The number of ether oxygens (including phenoxy) is 1. The van der Waals surface area contributed by atoms with Crippen molar-refractivity contribution >= 4 is 6.09 Å². The number of carbonyl (C=O) groups is 1. The van der Waals surface area contributed by atoms with Crippen molar-refractivity contribution in [2.75, 3.05) is 33.3 Å². The Balaban J connectivity index is 1.52. The van der Waals surface area contributed by atoms with Gasteiger partial charge in [0.2, 0.25) is 0 Å².